The van der Waals surface area contributed by atoms with Crippen LogP contribution in [0.4, 0.5) is 0 Å². The van der Waals surface area contributed by atoms with Gasteiger partial charge in [0.1, 0.15) is 11.5 Å². The van der Waals surface area contributed by atoms with Crippen molar-refractivity contribution >= 4 is 17.5 Å². The maximum Gasteiger partial charge on any atom is 0.271 e. The zero-order valence-corrected chi connectivity index (χ0v) is 10.8. The van der Waals surface area contributed by atoms with Crippen molar-refractivity contribution in [1.82, 2.24) is 15.3 Å². The van der Waals surface area contributed by atoms with E-state index >= 15 is 0 Å². The Bertz CT molecular complexity index is 412. The minimum atomic E-state index is -0.353. The van der Waals surface area contributed by atoms with Gasteiger partial charge in [-0.15, -0.1) is 0 Å². The number of halogens is 1. The highest BCUT2D eigenvalue weighted by molar-refractivity contribution is 6.33. The topological polar surface area (TPSA) is 75.1 Å². The molecule has 1 amide bonds. The van der Waals surface area contributed by atoms with Crippen LogP contribution in [-0.2, 0) is 0 Å². The first kappa shape index (κ1) is 13.9. The van der Waals surface area contributed by atoms with Crippen LogP contribution in [0.2, 0.25) is 5.02 Å². The van der Waals surface area contributed by atoms with E-state index in [9.17, 15) is 4.79 Å². The van der Waals surface area contributed by atoms with Crippen molar-refractivity contribution < 1.29 is 9.90 Å². The van der Waals surface area contributed by atoms with E-state index in [4.69, 9.17) is 16.7 Å². The number of hydrogen-bond acceptors (Lipinski definition) is 4. The first-order valence-electron chi connectivity index (χ1n) is 5.36. The summed E-state index contributed by atoms with van der Waals surface area (Å²) in [6, 6.07) is -0.154. The highest BCUT2D eigenvalue weighted by Gasteiger charge is 2.18. The maximum absolute atomic E-state index is 11.9. The Morgan fingerprint density at radius 1 is 1.59 bits per heavy atom. The van der Waals surface area contributed by atoms with Crippen molar-refractivity contribution in [2.24, 2.45) is 5.92 Å². The molecule has 0 aromatic carbocycles. The molecule has 1 heterocycles. The fourth-order valence-corrected chi connectivity index (χ4v) is 1.37. The maximum atomic E-state index is 11.9. The summed E-state index contributed by atoms with van der Waals surface area (Å²) in [7, 11) is 0. The van der Waals surface area contributed by atoms with Gasteiger partial charge in [0.2, 0.25) is 0 Å². The van der Waals surface area contributed by atoms with Crippen LogP contribution in [0, 0.1) is 12.8 Å². The van der Waals surface area contributed by atoms with Gasteiger partial charge in [-0.3, -0.25) is 4.79 Å². The van der Waals surface area contributed by atoms with Crippen molar-refractivity contribution in [2.45, 2.75) is 26.8 Å². The Morgan fingerprint density at radius 3 is 2.82 bits per heavy atom. The summed E-state index contributed by atoms with van der Waals surface area (Å²) >= 11 is 5.85. The number of rotatable bonds is 4. The highest BCUT2D eigenvalue weighted by Crippen LogP contribution is 2.12. The molecule has 2 unspecified atom stereocenters. The third-order valence-electron chi connectivity index (χ3n) is 2.58. The number of aliphatic hydroxyl groups excluding tert-OH is 1. The van der Waals surface area contributed by atoms with Gasteiger partial charge in [-0.2, -0.15) is 0 Å². The van der Waals surface area contributed by atoms with Gasteiger partial charge in [-0.05, 0) is 19.8 Å². The molecule has 17 heavy (non-hydrogen) atoms. The van der Waals surface area contributed by atoms with E-state index in [1.54, 1.807) is 6.92 Å². The Labute approximate surface area is 105 Å². The van der Waals surface area contributed by atoms with Gasteiger partial charge in [-0.1, -0.05) is 18.5 Å². The van der Waals surface area contributed by atoms with E-state index in [1.807, 2.05) is 13.8 Å². The molecule has 0 saturated heterocycles. The molecular weight excluding hydrogens is 242 g/mol. The number of aryl methyl sites for hydroxylation is 1. The fourth-order valence-electron chi connectivity index (χ4n) is 1.19. The third-order valence-corrected chi connectivity index (χ3v) is 2.86. The second kappa shape index (κ2) is 5.93. The first-order valence-corrected chi connectivity index (χ1v) is 5.74. The van der Waals surface area contributed by atoms with Gasteiger partial charge in [0.05, 0.1) is 11.2 Å². The summed E-state index contributed by atoms with van der Waals surface area (Å²) in [4.78, 5) is 19.8. The lowest BCUT2D eigenvalue weighted by molar-refractivity contribution is 0.0911. The van der Waals surface area contributed by atoms with E-state index in [-0.39, 0.29) is 35.2 Å². The summed E-state index contributed by atoms with van der Waals surface area (Å²) in [5.74, 6) is 0.108. The first-order chi connectivity index (χ1) is 7.95. The normalized spacial score (nSPS) is 14.2. The Balaban J connectivity index is 2.79. The van der Waals surface area contributed by atoms with Crippen molar-refractivity contribution in [3.8, 4) is 0 Å². The predicted molar refractivity (Wildman–Crippen MR) is 65.0 cm³/mol. The van der Waals surface area contributed by atoms with Crippen molar-refractivity contribution in [2.75, 3.05) is 6.61 Å². The van der Waals surface area contributed by atoms with Crippen molar-refractivity contribution in [1.29, 1.82) is 0 Å². The molecule has 0 spiro atoms. The zero-order valence-electron chi connectivity index (χ0n) is 10.1. The van der Waals surface area contributed by atoms with Crippen LogP contribution in [0.1, 0.15) is 30.2 Å². The van der Waals surface area contributed by atoms with E-state index in [2.05, 4.69) is 15.3 Å². The van der Waals surface area contributed by atoms with Crippen LogP contribution in [0.5, 0.6) is 0 Å². The summed E-state index contributed by atoms with van der Waals surface area (Å²) in [5.41, 5.74) is 0.163. The zero-order chi connectivity index (χ0) is 13.0. The molecule has 2 atom stereocenters. The molecule has 5 nitrogen and oxygen atoms in total. The molecular formula is C11H16ClN3O2. The van der Waals surface area contributed by atoms with Gasteiger partial charge in [0.15, 0.2) is 0 Å². The van der Waals surface area contributed by atoms with Gasteiger partial charge in [0, 0.05) is 12.6 Å². The quantitative estimate of drug-likeness (QED) is 0.850. The number of aliphatic hydroxyl groups is 1. The number of aromatic nitrogens is 2. The van der Waals surface area contributed by atoms with Crippen LogP contribution >= 0.6 is 11.6 Å². The van der Waals surface area contributed by atoms with E-state index in [0.717, 1.165) is 0 Å². The Morgan fingerprint density at radius 2 is 2.24 bits per heavy atom. The summed E-state index contributed by atoms with van der Waals surface area (Å²) in [6.45, 7) is 5.36. The van der Waals surface area contributed by atoms with Crippen molar-refractivity contribution in [3.63, 3.8) is 0 Å². The monoisotopic (exact) mass is 257 g/mol. The molecule has 6 heteroatoms. The number of nitrogens with one attached hydrogen (secondary N) is 1. The smallest absolute Gasteiger partial charge is 0.271 e. The number of nitrogens with zero attached hydrogens (tertiary/aromatic N) is 2. The Kier molecular flexibility index (Phi) is 4.84. The molecule has 0 bridgehead atoms. The van der Waals surface area contributed by atoms with Crippen molar-refractivity contribution in [3.05, 3.63) is 22.7 Å². The van der Waals surface area contributed by atoms with Gasteiger partial charge >= 0.3 is 0 Å². The van der Waals surface area contributed by atoms with Gasteiger partial charge < -0.3 is 10.4 Å². The molecule has 1 aromatic rings. The molecule has 0 aliphatic carbocycles. The van der Waals surface area contributed by atoms with Gasteiger partial charge in [-0.25, -0.2) is 9.97 Å². The second-order valence-corrected chi connectivity index (χ2v) is 4.44. The molecule has 1 rings (SSSR count). The average Bonchev–Trinajstić information content (AvgIpc) is 2.30. The second-order valence-electron chi connectivity index (χ2n) is 4.04. The molecule has 2 N–H and O–H groups in total. The molecule has 1 aromatic heterocycles. The third kappa shape index (κ3) is 3.64. The van der Waals surface area contributed by atoms with E-state index in [1.165, 1.54) is 6.20 Å². The van der Waals surface area contributed by atoms with E-state index in [0.29, 0.717) is 5.82 Å². The minimum absolute atomic E-state index is 0.0119. The molecule has 0 fully saturated rings. The molecule has 0 saturated carbocycles. The molecule has 94 valence electrons. The van der Waals surface area contributed by atoms with Crippen LogP contribution in [0.3, 0.4) is 0 Å². The van der Waals surface area contributed by atoms with Gasteiger partial charge in [0.25, 0.3) is 5.91 Å². The average molecular weight is 258 g/mol. The minimum Gasteiger partial charge on any atom is -0.396 e. The lowest BCUT2D eigenvalue weighted by atomic mass is 10.1. The molecule has 0 aliphatic rings. The lowest BCUT2D eigenvalue weighted by Gasteiger charge is -2.19. The summed E-state index contributed by atoms with van der Waals surface area (Å²) in [6.07, 6.45) is 1.40. The van der Waals surface area contributed by atoms with Crippen LogP contribution in [0.15, 0.2) is 6.20 Å². The van der Waals surface area contributed by atoms with Crippen LogP contribution in [-0.4, -0.2) is 33.6 Å². The largest absolute Gasteiger partial charge is 0.396 e. The summed E-state index contributed by atoms with van der Waals surface area (Å²) in [5, 5.41) is 11.9. The van der Waals surface area contributed by atoms with Crippen LogP contribution in [0.25, 0.3) is 0 Å². The van der Waals surface area contributed by atoms with E-state index < -0.39 is 0 Å². The highest BCUT2D eigenvalue weighted by atomic mass is 35.5. The standard InChI is InChI=1S/C11H16ClN3O2/c1-6(5-16)7(2)14-11(17)10-9(12)4-13-8(3)15-10/h4,6-7,16H,5H2,1-3H3,(H,14,17). The predicted octanol–water partition coefficient (Wildman–Crippen LogP) is 1.19. The van der Waals surface area contributed by atoms with Crippen LogP contribution < -0.4 is 5.32 Å². The summed E-state index contributed by atoms with van der Waals surface area (Å²) < 4.78 is 0. The lowest BCUT2D eigenvalue weighted by Crippen LogP contribution is -2.38. The number of carbonyl (C=O) groups excluding carboxylic acids is 1. The number of amides is 1. The fraction of sp³-hybridized carbons (Fsp3) is 0.545. The molecule has 0 radical (unpaired) electrons. The Hall–Kier alpha value is -1.20. The number of hydrogen-bond donors (Lipinski definition) is 2. The molecule has 0 aliphatic heterocycles. The SMILES string of the molecule is Cc1ncc(Cl)c(C(=O)NC(C)C(C)CO)n1. The number of carbonyl (C=O) groups is 1.